The highest BCUT2D eigenvalue weighted by Crippen LogP contribution is 2.33. The SMILES string of the molecule is Cc1nn(C)c(C)c1[C@H]1COCCN1C(=O)C1CCCCC1. The molecular weight excluding hydrogens is 278 g/mol. The molecule has 1 atom stereocenters. The number of carbonyl (C=O) groups is 1. The third kappa shape index (κ3) is 2.78. The van der Waals surface area contributed by atoms with Crippen LogP contribution in [0.4, 0.5) is 0 Å². The first-order valence-corrected chi connectivity index (χ1v) is 8.48. The van der Waals surface area contributed by atoms with Gasteiger partial charge in [0.2, 0.25) is 5.91 Å². The zero-order valence-corrected chi connectivity index (χ0v) is 14.0. The minimum atomic E-state index is 0.0249. The molecule has 5 nitrogen and oxygen atoms in total. The molecule has 0 N–H and O–H groups in total. The van der Waals surface area contributed by atoms with Gasteiger partial charge in [-0.05, 0) is 26.7 Å². The third-order valence-electron chi connectivity index (χ3n) is 5.26. The fourth-order valence-electron chi connectivity index (χ4n) is 3.96. The molecule has 2 fully saturated rings. The van der Waals surface area contributed by atoms with Gasteiger partial charge in [0, 0.05) is 30.8 Å². The fourth-order valence-corrected chi connectivity index (χ4v) is 3.96. The molecule has 0 unspecified atom stereocenters. The first-order chi connectivity index (χ1) is 10.6. The van der Waals surface area contributed by atoms with Gasteiger partial charge in [0.05, 0.1) is 24.9 Å². The highest BCUT2D eigenvalue weighted by Gasteiger charge is 2.35. The number of aromatic nitrogens is 2. The van der Waals surface area contributed by atoms with Crippen LogP contribution in [0.2, 0.25) is 0 Å². The van der Waals surface area contributed by atoms with Crippen molar-refractivity contribution in [1.82, 2.24) is 14.7 Å². The van der Waals surface area contributed by atoms with Crippen molar-refractivity contribution in [3.05, 3.63) is 17.0 Å². The Labute approximate surface area is 132 Å². The van der Waals surface area contributed by atoms with Crippen molar-refractivity contribution in [1.29, 1.82) is 0 Å². The third-order valence-corrected chi connectivity index (χ3v) is 5.26. The summed E-state index contributed by atoms with van der Waals surface area (Å²) in [6.45, 7) is 6.04. The maximum Gasteiger partial charge on any atom is 0.226 e. The molecule has 0 radical (unpaired) electrons. The lowest BCUT2D eigenvalue weighted by Crippen LogP contribution is -2.46. The molecule has 2 aliphatic rings. The molecule has 1 saturated heterocycles. The molecule has 1 aromatic heterocycles. The Bertz CT molecular complexity index is 546. The molecule has 2 heterocycles. The maximum atomic E-state index is 13.0. The van der Waals surface area contributed by atoms with Gasteiger partial charge in [-0.15, -0.1) is 0 Å². The second kappa shape index (κ2) is 6.41. The van der Waals surface area contributed by atoms with E-state index in [1.807, 2.05) is 18.7 Å². The largest absolute Gasteiger partial charge is 0.377 e. The minimum Gasteiger partial charge on any atom is -0.377 e. The Balaban J connectivity index is 1.86. The predicted molar refractivity (Wildman–Crippen MR) is 84.5 cm³/mol. The average molecular weight is 305 g/mol. The standard InChI is InChI=1S/C17H27N3O2/c1-12-16(13(2)19(3)18-12)15-11-22-10-9-20(15)17(21)14-7-5-4-6-8-14/h14-15H,4-11H2,1-3H3/t15-/m1/s1. The summed E-state index contributed by atoms with van der Waals surface area (Å²) >= 11 is 0. The number of aryl methyl sites for hydroxylation is 2. The number of amides is 1. The first kappa shape index (κ1) is 15.5. The summed E-state index contributed by atoms with van der Waals surface area (Å²) in [6, 6.07) is 0.0249. The summed E-state index contributed by atoms with van der Waals surface area (Å²) in [5.41, 5.74) is 3.32. The number of rotatable bonds is 2. The Hall–Kier alpha value is -1.36. The molecule has 1 aliphatic carbocycles. The van der Waals surface area contributed by atoms with Gasteiger partial charge in [0.15, 0.2) is 0 Å². The van der Waals surface area contributed by atoms with Crippen LogP contribution in [0.1, 0.15) is 55.1 Å². The molecule has 122 valence electrons. The summed E-state index contributed by atoms with van der Waals surface area (Å²) in [7, 11) is 1.96. The van der Waals surface area contributed by atoms with Gasteiger partial charge in [0.25, 0.3) is 0 Å². The van der Waals surface area contributed by atoms with E-state index in [1.54, 1.807) is 0 Å². The van der Waals surface area contributed by atoms with E-state index in [2.05, 4.69) is 16.9 Å². The van der Waals surface area contributed by atoms with E-state index in [4.69, 9.17) is 4.74 Å². The highest BCUT2D eigenvalue weighted by atomic mass is 16.5. The summed E-state index contributed by atoms with van der Waals surface area (Å²) in [4.78, 5) is 15.1. The lowest BCUT2D eigenvalue weighted by molar-refractivity contribution is -0.145. The van der Waals surface area contributed by atoms with Crippen LogP contribution in [0.15, 0.2) is 0 Å². The van der Waals surface area contributed by atoms with Crippen molar-refractivity contribution in [2.24, 2.45) is 13.0 Å². The second-order valence-electron chi connectivity index (χ2n) is 6.67. The van der Waals surface area contributed by atoms with Crippen molar-refractivity contribution in [2.45, 2.75) is 52.0 Å². The van der Waals surface area contributed by atoms with Crippen molar-refractivity contribution in [3.63, 3.8) is 0 Å². The van der Waals surface area contributed by atoms with Crippen molar-refractivity contribution in [3.8, 4) is 0 Å². The quantitative estimate of drug-likeness (QED) is 0.843. The van der Waals surface area contributed by atoms with Crippen LogP contribution >= 0.6 is 0 Å². The van der Waals surface area contributed by atoms with E-state index < -0.39 is 0 Å². The van der Waals surface area contributed by atoms with Gasteiger partial charge in [0.1, 0.15) is 0 Å². The van der Waals surface area contributed by atoms with Gasteiger partial charge >= 0.3 is 0 Å². The maximum absolute atomic E-state index is 13.0. The van der Waals surface area contributed by atoms with Crippen LogP contribution in [0.3, 0.4) is 0 Å². The molecule has 5 heteroatoms. The van der Waals surface area contributed by atoms with Gasteiger partial charge < -0.3 is 9.64 Å². The molecular formula is C17H27N3O2. The van der Waals surface area contributed by atoms with E-state index in [1.165, 1.54) is 24.8 Å². The number of morpholine rings is 1. The van der Waals surface area contributed by atoms with Crippen LogP contribution in [0.5, 0.6) is 0 Å². The van der Waals surface area contributed by atoms with E-state index >= 15 is 0 Å². The van der Waals surface area contributed by atoms with Gasteiger partial charge in [-0.25, -0.2) is 0 Å². The summed E-state index contributed by atoms with van der Waals surface area (Å²) in [6.07, 6.45) is 5.76. The molecule has 1 aromatic rings. The highest BCUT2D eigenvalue weighted by molar-refractivity contribution is 5.79. The fraction of sp³-hybridized carbons (Fsp3) is 0.765. The molecule has 0 spiro atoms. The van der Waals surface area contributed by atoms with Gasteiger partial charge in [-0.1, -0.05) is 19.3 Å². The van der Waals surface area contributed by atoms with E-state index in [0.29, 0.717) is 25.7 Å². The summed E-state index contributed by atoms with van der Waals surface area (Å²) in [5, 5.41) is 4.52. The van der Waals surface area contributed by atoms with Crippen molar-refractivity contribution < 1.29 is 9.53 Å². The topological polar surface area (TPSA) is 47.4 Å². The smallest absolute Gasteiger partial charge is 0.226 e. The van der Waals surface area contributed by atoms with Crippen molar-refractivity contribution in [2.75, 3.05) is 19.8 Å². The van der Waals surface area contributed by atoms with E-state index in [0.717, 1.165) is 24.2 Å². The molecule has 1 aliphatic heterocycles. The monoisotopic (exact) mass is 305 g/mol. The number of hydrogen-bond donors (Lipinski definition) is 0. The normalized spacial score (nSPS) is 23.8. The molecule has 0 bridgehead atoms. The number of nitrogens with zero attached hydrogens (tertiary/aromatic N) is 3. The Morgan fingerprint density at radius 3 is 2.59 bits per heavy atom. The van der Waals surface area contributed by atoms with E-state index in [-0.39, 0.29) is 12.0 Å². The minimum absolute atomic E-state index is 0.0249. The Morgan fingerprint density at radius 1 is 1.23 bits per heavy atom. The number of carbonyl (C=O) groups excluding carboxylic acids is 1. The molecule has 0 aromatic carbocycles. The molecule has 1 saturated carbocycles. The first-order valence-electron chi connectivity index (χ1n) is 8.48. The number of hydrogen-bond acceptors (Lipinski definition) is 3. The Morgan fingerprint density at radius 2 is 1.95 bits per heavy atom. The molecule has 1 amide bonds. The van der Waals surface area contributed by atoms with Crippen LogP contribution in [0.25, 0.3) is 0 Å². The molecule has 22 heavy (non-hydrogen) atoms. The number of ether oxygens (including phenoxy) is 1. The lowest BCUT2D eigenvalue weighted by atomic mass is 9.87. The van der Waals surface area contributed by atoms with Crippen LogP contribution in [-0.4, -0.2) is 40.3 Å². The average Bonchev–Trinajstić information content (AvgIpc) is 2.80. The van der Waals surface area contributed by atoms with E-state index in [9.17, 15) is 4.79 Å². The summed E-state index contributed by atoms with van der Waals surface area (Å²) in [5.74, 6) is 0.544. The zero-order chi connectivity index (χ0) is 15.7. The van der Waals surface area contributed by atoms with Gasteiger partial charge in [-0.2, -0.15) is 5.10 Å². The zero-order valence-electron chi connectivity index (χ0n) is 14.0. The molecule has 3 rings (SSSR count). The Kier molecular flexibility index (Phi) is 4.52. The van der Waals surface area contributed by atoms with Crippen LogP contribution in [-0.2, 0) is 16.6 Å². The predicted octanol–water partition coefficient (Wildman–Crippen LogP) is 2.52. The van der Waals surface area contributed by atoms with Crippen molar-refractivity contribution >= 4 is 5.91 Å². The van der Waals surface area contributed by atoms with Gasteiger partial charge in [-0.3, -0.25) is 9.48 Å². The van der Waals surface area contributed by atoms with Crippen LogP contribution in [0, 0.1) is 19.8 Å². The van der Waals surface area contributed by atoms with Crippen LogP contribution < -0.4 is 0 Å². The summed E-state index contributed by atoms with van der Waals surface area (Å²) < 4.78 is 7.60. The lowest BCUT2D eigenvalue weighted by Gasteiger charge is -2.38. The second-order valence-corrected chi connectivity index (χ2v) is 6.67.